The molecule has 0 radical (unpaired) electrons. The molecular weight excluding hydrogens is 611 g/mol. The maximum atomic E-state index is 13.8. The van der Waals surface area contributed by atoms with Crippen molar-refractivity contribution < 1.29 is 74.6 Å². The molecule has 41 heavy (non-hydrogen) atoms. The number of hydrogen-bond acceptors (Lipinski definition) is 0. The molecule has 0 aliphatic carbocycles. The first-order chi connectivity index (χ1) is 18.3. The van der Waals surface area contributed by atoms with Crippen molar-refractivity contribution in [2.24, 2.45) is 0 Å². The second-order valence-corrected chi connectivity index (χ2v) is 4.81. The van der Waals surface area contributed by atoms with E-state index >= 15 is 0 Å². The van der Waals surface area contributed by atoms with Crippen LogP contribution in [0.5, 0.6) is 0 Å². The van der Waals surface area contributed by atoms with Gasteiger partial charge in [-0.3, -0.25) is 0 Å². The van der Waals surface area contributed by atoms with Gasteiger partial charge in [0, 0.05) is 11.1 Å². The summed E-state index contributed by atoms with van der Waals surface area (Å²) < 4.78 is 215. The maximum Gasteiger partial charge on any atom is 0.435 e. The Morgan fingerprint density at radius 3 is 0.488 bits per heavy atom. The van der Waals surface area contributed by atoms with Crippen molar-refractivity contribution in [2.45, 2.75) is 146 Å². The van der Waals surface area contributed by atoms with Gasteiger partial charge in [-0.15, -0.1) is 0 Å². The van der Waals surface area contributed by atoms with Gasteiger partial charge in [-0.2, -0.15) is 65.9 Å². The van der Waals surface area contributed by atoms with Crippen LogP contribution in [-0.2, 0) is 0 Å². The second-order valence-electron chi connectivity index (χ2n) is 4.81. The summed E-state index contributed by atoms with van der Waals surface area (Å²) in [5, 5.41) is 0. The fraction of sp³-hybridized carbons (Fsp3) is 0.917. The van der Waals surface area contributed by atoms with Crippen molar-refractivity contribution >= 4 is 0 Å². The SMILES string of the molecule is CC.CC.CC.CC.CC.CC.CC.CC(=C(C(F)(C(F)(F)F)C(F)(F)F)C(F)(C(F)(F)F)C(F)(F)F)C(F)(F)F. The van der Waals surface area contributed by atoms with E-state index in [2.05, 4.69) is 0 Å². The van der Waals surface area contributed by atoms with Gasteiger partial charge >= 0.3 is 42.2 Å². The van der Waals surface area contributed by atoms with Crippen molar-refractivity contribution in [3.05, 3.63) is 11.1 Å². The Balaban J connectivity index is -0.000000112. The lowest BCUT2D eigenvalue weighted by molar-refractivity contribution is -0.365. The molecule has 0 aliphatic heterocycles. The molecule has 0 heterocycles. The first-order valence-corrected chi connectivity index (χ1v) is 12.7. The van der Waals surface area contributed by atoms with Crippen LogP contribution in [-0.4, -0.2) is 42.2 Å². The zero-order valence-electron chi connectivity index (χ0n) is 25.9. The Labute approximate surface area is 232 Å². The van der Waals surface area contributed by atoms with Crippen molar-refractivity contribution in [1.29, 1.82) is 0 Å². The Morgan fingerprint density at radius 2 is 0.415 bits per heavy atom. The molecule has 0 saturated heterocycles. The third kappa shape index (κ3) is 16.1. The third-order valence-electron chi connectivity index (χ3n) is 3.05. The van der Waals surface area contributed by atoms with Crippen LogP contribution in [0.3, 0.4) is 0 Å². The predicted molar refractivity (Wildman–Crippen MR) is 130 cm³/mol. The van der Waals surface area contributed by atoms with Gasteiger partial charge in [0.15, 0.2) is 0 Å². The average molecular weight is 657 g/mol. The predicted octanol–water partition coefficient (Wildman–Crippen LogP) is 13.7. The van der Waals surface area contributed by atoms with E-state index in [1.54, 1.807) is 0 Å². The zero-order valence-corrected chi connectivity index (χ0v) is 25.9. The average Bonchev–Trinajstić information content (AvgIpc) is 2.89. The van der Waals surface area contributed by atoms with Crippen LogP contribution in [0.2, 0.25) is 0 Å². The minimum Gasteiger partial charge on any atom is -0.218 e. The summed E-state index contributed by atoms with van der Waals surface area (Å²) in [6.07, 6.45) is -38.4. The molecule has 0 aromatic rings. The molecule has 0 nitrogen and oxygen atoms in total. The molecule has 0 fully saturated rings. The highest BCUT2D eigenvalue weighted by Crippen LogP contribution is 2.62. The van der Waals surface area contributed by atoms with Gasteiger partial charge in [-0.25, -0.2) is 8.78 Å². The van der Waals surface area contributed by atoms with Crippen LogP contribution < -0.4 is 0 Å². The number of alkyl halides is 17. The molecule has 0 atom stereocenters. The summed E-state index contributed by atoms with van der Waals surface area (Å²) in [5.74, 6) is 0. The molecule has 0 saturated carbocycles. The lowest BCUT2D eigenvalue weighted by Crippen LogP contribution is -2.66. The molecule has 0 bridgehead atoms. The first kappa shape index (κ1) is 59.0. The molecule has 17 heteroatoms. The molecule has 260 valence electrons. The highest BCUT2D eigenvalue weighted by atomic mass is 19.4. The van der Waals surface area contributed by atoms with Crippen LogP contribution in [0.15, 0.2) is 11.1 Å². The van der Waals surface area contributed by atoms with Gasteiger partial charge in [0.05, 0.1) is 0 Å². The Morgan fingerprint density at radius 1 is 0.293 bits per heavy atom. The highest BCUT2D eigenvalue weighted by Gasteiger charge is 2.86. The van der Waals surface area contributed by atoms with E-state index in [1.165, 1.54) is 0 Å². The summed E-state index contributed by atoms with van der Waals surface area (Å²) in [5.41, 5.74) is -25.3. The molecule has 0 amide bonds. The Hall–Kier alpha value is -1.45. The minimum atomic E-state index is -7.99. The Bertz CT molecular complexity index is 520. The summed E-state index contributed by atoms with van der Waals surface area (Å²) in [6, 6.07) is 0. The minimum absolute atomic E-state index is 1.19. The summed E-state index contributed by atoms with van der Waals surface area (Å²) in [7, 11) is 0. The Kier molecular flexibility index (Phi) is 36.1. The number of halogens is 17. The van der Waals surface area contributed by atoms with E-state index in [9.17, 15) is 74.6 Å². The third-order valence-corrected chi connectivity index (χ3v) is 3.05. The molecular formula is C24H45F17. The molecule has 0 aliphatic rings. The van der Waals surface area contributed by atoms with Crippen molar-refractivity contribution in [2.75, 3.05) is 0 Å². The largest absolute Gasteiger partial charge is 0.435 e. The topological polar surface area (TPSA) is 0 Å². The van der Waals surface area contributed by atoms with E-state index in [4.69, 9.17) is 0 Å². The molecule has 0 spiro atoms. The number of rotatable bonds is 2. The van der Waals surface area contributed by atoms with E-state index in [0.717, 1.165) is 0 Å². The van der Waals surface area contributed by atoms with Gasteiger partial charge in [0.1, 0.15) is 0 Å². The van der Waals surface area contributed by atoms with Crippen molar-refractivity contribution in [1.82, 2.24) is 0 Å². The summed E-state index contributed by atoms with van der Waals surface area (Å²) in [4.78, 5) is 0. The van der Waals surface area contributed by atoms with Gasteiger partial charge in [0.2, 0.25) is 0 Å². The van der Waals surface area contributed by atoms with Crippen molar-refractivity contribution in [3.63, 3.8) is 0 Å². The molecule has 0 aromatic carbocycles. The van der Waals surface area contributed by atoms with E-state index in [1.807, 2.05) is 96.9 Å². The van der Waals surface area contributed by atoms with Gasteiger partial charge in [0.25, 0.3) is 0 Å². The lowest BCUT2D eigenvalue weighted by Gasteiger charge is -2.41. The fourth-order valence-corrected chi connectivity index (χ4v) is 1.78. The molecule has 0 aromatic heterocycles. The quantitative estimate of drug-likeness (QED) is 0.205. The molecule has 0 rings (SSSR count). The van der Waals surface area contributed by atoms with E-state index in [0.29, 0.717) is 0 Å². The van der Waals surface area contributed by atoms with Crippen LogP contribution >= 0.6 is 0 Å². The van der Waals surface area contributed by atoms with Crippen molar-refractivity contribution in [3.8, 4) is 0 Å². The number of allylic oxidation sites excluding steroid dienone is 2. The van der Waals surface area contributed by atoms with E-state index < -0.39 is 60.3 Å². The fourth-order valence-electron chi connectivity index (χ4n) is 1.78. The molecule has 0 unspecified atom stereocenters. The normalized spacial score (nSPS) is 11.4. The van der Waals surface area contributed by atoms with Crippen LogP contribution in [0.1, 0.15) is 104 Å². The summed E-state index contributed by atoms with van der Waals surface area (Å²) >= 11 is 0. The number of hydrogen-bond donors (Lipinski definition) is 0. The maximum absolute atomic E-state index is 13.8. The standard InChI is InChI=1S/C10H3F17.7C2H6/c1-2(6(13,14)15)3(4(11,7(16,17)18)8(19,20)21)5(12,9(22,23)24)10(25,26)27;7*1-2/h1H3;7*1-2H3. The molecule has 0 N–H and O–H groups in total. The smallest absolute Gasteiger partial charge is 0.218 e. The highest BCUT2D eigenvalue weighted by molar-refractivity contribution is 5.41. The second kappa shape index (κ2) is 25.1. The van der Waals surface area contributed by atoms with Crippen LogP contribution in [0.25, 0.3) is 0 Å². The summed E-state index contributed by atoms with van der Waals surface area (Å²) in [6.45, 7) is 26.8. The van der Waals surface area contributed by atoms with Gasteiger partial charge in [-0.1, -0.05) is 96.9 Å². The van der Waals surface area contributed by atoms with E-state index in [-0.39, 0.29) is 0 Å². The monoisotopic (exact) mass is 656 g/mol. The van der Waals surface area contributed by atoms with Gasteiger partial charge < -0.3 is 0 Å². The van der Waals surface area contributed by atoms with Gasteiger partial charge in [-0.05, 0) is 6.92 Å². The first-order valence-electron chi connectivity index (χ1n) is 12.7. The van der Waals surface area contributed by atoms with Crippen LogP contribution in [0, 0.1) is 0 Å². The van der Waals surface area contributed by atoms with Crippen LogP contribution in [0.4, 0.5) is 74.6 Å². The zero-order chi connectivity index (χ0) is 36.7. The lowest BCUT2D eigenvalue weighted by atomic mass is 9.77.